The number of aliphatic hydroxyl groups excluding tert-OH is 4. The third kappa shape index (κ3) is 2.65. The van der Waals surface area contributed by atoms with Gasteiger partial charge in [-0.25, -0.2) is 4.63 Å². The number of nitrogens with zero attached hydrogens (tertiary/aromatic N) is 3. The summed E-state index contributed by atoms with van der Waals surface area (Å²) in [4.78, 5) is 10.3. The molecule has 0 aliphatic carbocycles. The normalized spacial score (nSPS) is 30.4. The van der Waals surface area contributed by atoms with Crippen LogP contribution in [-0.2, 0) is 4.74 Å². The molecule has 1 aliphatic rings. The van der Waals surface area contributed by atoms with Crippen LogP contribution in [0.3, 0.4) is 0 Å². The van der Waals surface area contributed by atoms with Crippen LogP contribution in [0, 0.1) is 10.1 Å². The SMILES string of the molecule is O=[N+]([O-])c1ccc(N[C@H]2[C@@H](O)[C@H](O)[C@@H](CO)O[C@H]2O)c2nonc12. The smallest absolute Gasteiger partial charge is 0.300 e. The number of benzene rings is 1. The van der Waals surface area contributed by atoms with Crippen LogP contribution in [-0.4, -0.2) is 72.9 Å². The molecule has 130 valence electrons. The van der Waals surface area contributed by atoms with E-state index in [9.17, 15) is 25.4 Å². The van der Waals surface area contributed by atoms with E-state index in [0.717, 1.165) is 6.07 Å². The summed E-state index contributed by atoms with van der Waals surface area (Å²) < 4.78 is 9.54. The number of nitro benzene ring substituents is 1. The van der Waals surface area contributed by atoms with Crippen LogP contribution < -0.4 is 5.32 Å². The quantitative estimate of drug-likeness (QED) is 0.316. The lowest BCUT2D eigenvalue weighted by atomic mass is 9.96. The van der Waals surface area contributed by atoms with Crippen molar-refractivity contribution in [3.8, 4) is 0 Å². The van der Waals surface area contributed by atoms with E-state index >= 15 is 0 Å². The Morgan fingerprint density at radius 2 is 1.92 bits per heavy atom. The van der Waals surface area contributed by atoms with Crippen molar-refractivity contribution in [1.29, 1.82) is 0 Å². The van der Waals surface area contributed by atoms with E-state index in [0.29, 0.717) is 0 Å². The maximum absolute atomic E-state index is 10.9. The second-order valence-electron chi connectivity index (χ2n) is 5.25. The van der Waals surface area contributed by atoms with Crippen molar-refractivity contribution in [2.45, 2.75) is 30.6 Å². The predicted molar refractivity (Wildman–Crippen MR) is 75.8 cm³/mol. The van der Waals surface area contributed by atoms with Gasteiger partial charge in [0.2, 0.25) is 5.52 Å². The Balaban J connectivity index is 1.91. The van der Waals surface area contributed by atoms with Crippen molar-refractivity contribution in [1.82, 2.24) is 10.3 Å². The molecule has 0 saturated carbocycles. The van der Waals surface area contributed by atoms with Crippen LogP contribution in [0.25, 0.3) is 11.0 Å². The maximum atomic E-state index is 10.9. The summed E-state index contributed by atoms with van der Waals surface area (Å²) >= 11 is 0. The average molecular weight is 342 g/mol. The van der Waals surface area contributed by atoms with E-state index in [4.69, 9.17) is 9.84 Å². The van der Waals surface area contributed by atoms with E-state index < -0.39 is 42.2 Å². The molecule has 0 radical (unpaired) electrons. The van der Waals surface area contributed by atoms with Gasteiger partial charge in [0.15, 0.2) is 11.8 Å². The molecule has 1 aliphatic heterocycles. The number of fused-ring (bicyclic) bond motifs is 1. The van der Waals surface area contributed by atoms with Crippen LogP contribution in [0.5, 0.6) is 0 Å². The maximum Gasteiger partial charge on any atom is 0.300 e. The molecule has 12 nitrogen and oxygen atoms in total. The van der Waals surface area contributed by atoms with E-state index in [1.54, 1.807) is 0 Å². The standard InChI is InChI=1S/C12H14N4O8/c17-3-6-10(18)11(19)9(12(20)23-6)13-4-1-2-5(16(21)22)8-7(4)14-24-15-8/h1-2,6,9-13,17-20H,3H2/t6-,9+,10-,11-,12-/m1/s1. The molecule has 0 unspecified atom stereocenters. The molecule has 3 rings (SSSR count). The first kappa shape index (κ1) is 16.5. The molecule has 0 bridgehead atoms. The van der Waals surface area contributed by atoms with Crippen molar-refractivity contribution in [3.63, 3.8) is 0 Å². The highest BCUT2D eigenvalue weighted by Gasteiger charge is 2.44. The average Bonchev–Trinajstić information content (AvgIpc) is 3.04. The van der Waals surface area contributed by atoms with Crippen LogP contribution in [0.2, 0.25) is 0 Å². The molecule has 1 saturated heterocycles. The second kappa shape index (κ2) is 6.26. The highest BCUT2D eigenvalue weighted by molar-refractivity contribution is 5.93. The minimum absolute atomic E-state index is 0.0161. The summed E-state index contributed by atoms with van der Waals surface area (Å²) in [6, 6.07) is 1.28. The molecule has 0 spiro atoms. The van der Waals surface area contributed by atoms with Crippen LogP contribution in [0.4, 0.5) is 11.4 Å². The first-order chi connectivity index (χ1) is 11.4. The first-order valence-corrected chi connectivity index (χ1v) is 6.90. The number of hydrogen-bond donors (Lipinski definition) is 5. The number of nitrogens with one attached hydrogen (secondary N) is 1. The fraction of sp³-hybridized carbons (Fsp3) is 0.500. The van der Waals surface area contributed by atoms with Crippen LogP contribution in [0.15, 0.2) is 16.8 Å². The molecule has 1 aromatic carbocycles. The molecule has 5 N–H and O–H groups in total. The van der Waals surface area contributed by atoms with Gasteiger partial charge in [0, 0.05) is 6.07 Å². The zero-order valence-electron chi connectivity index (χ0n) is 12.0. The Kier molecular flexibility index (Phi) is 4.29. The third-order valence-corrected chi connectivity index (χ3v) is 3.81. The van der Waals surface area contributed by atoms with E-state index in [2.05, 4.69) is 20.3 Å². The summed E-state index contributed by atoms with van der Waals surface area (Å²) in [5.41, 5.74) is -0.238. The van der Waals surface area contributed by atoms with Crippen molar-refractivity contribution in [2.24, 2.45) is 0 Å². The van der Waals surface area contributed by atoms with Gasteiger partial charge in [-0.2, -0.15) is 0 Å². The Hall–Kier alpha value is -2.38. The number of hydrogen-bond acceptors (Lipinski definition) is 11. The largest absolute Gasteiger partial charge is 0.394 e. The minimum atomic E-state index is -1.55. The van der Waals surface area contributed by atoms with Gasteiger partial charge in [-0.1, -0.05) is 0 Å². The Morgan fingerprint density at radius 3 is 2.58 bits per heavy atom. The molecule has 1 aromatic heterocycles. The van der Waals surface area contributed by atoms with Gasteiger partial charge >= 0.3 is 5.69 Å². The first-order valence-electron chi connectivity index (χ1n) is 6.90. The zero-order chi connectivity index (χ0) is 17.4. The summed E-state index contributed by atoms with van der Waals surface area (Å²) in [6.07, 6.45) is -5.61. The lowest BCUT2D eigenvalue weighted by Crippen LogP contribution is -2.61. The molecule has 12 heteroatoms. The van der Waals surface area contributed by atoms with E-state index in [-0.39, 0.29) is 22.4 Å². The number of aromatic nitrogens is 2. The van der Waals surface area contributed by atoms with Gasteiger partial charge in [-0.3, -0.25) is 10.1 Å². The molecule has 2 heterocycles. The highest BCUT2D eigenvalue weighted by Crippen LogP contribution is 2.31. The summed E-state index contributed by atoms with van der Waals surface area (Å²) in [5.74, 6) is 0. The lowest BCUT2D eigenvalue weighted by molar-refractivity contribution is -0.383. The summed E-state index contributed by atoms with van der Waals surface area (Å²) in [7, 11) is 0. The zero-order valence-corrected chi connectivity index (χ0v) is 12.0. The molecule has 1 fully saturated rings. The number of non-ortho nitro benzene ring substituents is 1. The van der Waals surface area contributed by atoms with Gasteiger partial charge in [-0.05, 0) is 16.4 Å². The van der Waals surface area contributed by atoms with Gasteiger partial charge < -0.3 is 30.5 Å². The van der Waals surface area contributed by atoms with Crippen molar-refractivity contribution >= 4 is 22.4 Å². The predicted octanol–water partition coefficient (Wildman–Crippen LogP) is -1.66. The second-order valence-corrected chi connectivity index (χ2v) is 5.25. The molecule has 24 heavy (non-hydrogen) atoms. The fourth-order valence-electron chi connectivity index (χ4n) is 2.55. The van der Waals surface area contributed by atoms with Crippen molar-refractivity contribution in [2.75, 3.05) is 11.9 Å². The Morgan fingerprint density at radius 1 is 1.21 bits per heavy atom. The fourth-order valence-corrected chi connectivity index (χ4v) is 2.55. The molecule has 5 atom stereocenters. The van der Waals surface area contributed by atoms with Crippen LogP contribution >= 0.6 is 0 Å². The van der Waals surface area contributed by atoms with Gasteiger partial charge in [0.05, 0.1) is 17.2 Å². The number of aliphatic hydroxyl groups is 4. The van der Waals surface area contributed by atoms with Gasteiger partial charge in [0.1, 0.15) is 24.4 Å². The van der Waals surface area contributed by atoms with Gasteiger partial charge in [-0.15, -0.1) is 0 Å². The highest BCUT2D eigenvalue weighted by atomic mass is 16.6. The number of rotatable bonds is 4. The summed E-state index contributed by atoms with van der Waals surface area (Å²) in [6.45, 7) is -0.586. The number of anilines is 1. The molecule has 0 amide bonds. The van der Waals surface area contributed by atoms with Gasteiger partial charge in [0.25, 0.3) is 0 Å². The molecular formula is C12H14N4O8. The minimum Gasteiger partial charge on any atom is -0.394 e. The van der Waals surface area contributed by atoms with Crippen molar-refractivity contribution < 1.29 is 34.7 Å². The number of ether oxygens (including phenoxy) is 1. The van der Waals surface area contributed by atoms with Crippen molar-refractivity contribution in [3.05, 3.63) is 22.2 Å². The summed E-state index contributed by atoms with van der Waals surface area (Å²) in [5, 5.41) is 59.7. The molecule has 2 aromatic rings. The molecular weight excluding hydrogens is 328 g/mol. The van der Waals surface area contributed by atoms with Crippen LogP contribution in [0.1, 0.15) is 0 Å². The van der Waals surface area contributed by atoms with E-state index in [1.165, 1.54) is 6.07 Å². The number of nitro groups is 1. The Labute approximate surface area is 133 Å². The van der Waals surface area contributed by atoms with E-state index in [1.807, 2.05) is 0 Å². The third-order valence-electron chi connectivity index (χ3n) is 3.81. The lowest BCUT2D eigenvalue weighted by Gasteiger charge is -2.40. The topological polar surface area (TPSA) is 184 Å². The monoisotopic (exact) mass is 342 g/mol. The Bertz CT molecular complexity index is 752.